The number of aromatic nitrogens is 3. The quantitative estimate of drug-likeness (QED) is 0.295. The molecule has 0 aliphatic rings. The number of pyridine rings is 1. The monoisotopic (exact) mass is 466 g/mol. The summed E-state index contributed by atoms with van der Waals surface area (Å²) in [6.45, 7) is 2.05. The van der Waals surface area contributed by atoms with Crippen molar-refractivity contribution in [2.45, 2.75) is 44.6 Å². The molecule has 0 aliphatic heterocycles. The first-order valence-electron chi connectivity index (χ1n) is 10.7. The van der Waals surface area contributed by atoms with E-state index in [1.54, 1.807) is 18.3 Å². The number of nitrogens with zero attached hydrogens (tertiary/aromatic N) is 3. The zero-order chi connectivity index (χ0) is 24.8. The largest absolute Gasteiger partial charge is 0.481 e. The molecule has 0 saturated carbocycles. The van der Waals surface area contributed by atoms with Gasteiger partial charge in [-0.2, -0.15) is 9.97 Å². The van der Waals surface area contributed by atoms with Gasteiger partial charge in [-0.05, 0) is 54.5 Å². The first-order chi connectivity index (χ1) is 16.2. The van der Waals surface area contributed by atoms with Gasteiger partial charge in [-0.1, -0.05) is 19.1 Å². The maximum Gasteiger partial charge on any atom is 0.326 e. The van der Waals surface area contributed by atoms with Crippen molar-refractivity contribution in [2.75, 3.05) is 11.5 Å². The minimum Gasteiger partial charge on any atom is -0.481 e. The van der Waals surface area contributed by atoms with Crippen LogP contribution in [0, 0.1) is 0 Å². The standard InChI is InChI=1S/C23H26N6O5/c1-2-13(9-12-10-16-19(24)28-23(25)29-20(16)26-11-12)14-3-5-15(6-4-14)21(32)27-17(22(33)34)7-8-18(30)31/h3-6,10-11,13,17H,2,7-9H2,1H3,(H,27,32)(H,30,31)(H,33,34)(H4,24,25,26,28,29)/t13?,17-/m0/s1. The van der Waals surface area contributed by atoms with Crippen molar-refractivity contribution in [1.82, 2.24) is 20.3 Å². The second-order valence-electron chi connectivity index (χ2n) is 7.91. The van der Waals surface area contributed by atoms with Gasteiger partial charge in [0.2, 0.25) is 5.95 Å². The molecule has 7 N–H and O–H groups in total. The number of carbonyl (C=O) groups excluding carboxylic acids is 1. The fourth-order valence-corrected chi connectivity index (χ4v) is 3.66. The van der Waals surface area contributed by atoms with Gasteiger partial charge in [0.05, 0.1) is 5.39 Å². The molecule has 2 aromatic heterocycles. The smallest absolute Gasteiger partial charge is 0.326 e. The minimum absolute atomic E-state index is 0.0670. The number of nitrogens with two attached hydrogens (primary N) is 2. The van der Waals surface area contributed by atoms with E-state index in [-0.39, 0.29) is 36.1 Å². The van der Waals surface area contributed by atoms with E-state index in [9.17, 15) is 19.5 Å². The second-order valence-corrected chi connectivity index (χ2v) is 7.91. The van der Waals surface area contributed by atoms with E-state index >= 15 is 0 Å². The van der Waals surface area contributed by atoms with Crippen molar-refractivity contribution in [3.8, 4) is 0 Å². The van der Waals surface area contributed by atoms with Crippen molar-refractivity contribution in [3.63, 3.8) is 0 Å². The molecule has 2 atom stereocenters. The summed E-state index contributed by atoms with van der Waals surface area (Å²) in [5.41, 5.74) is 14.2. The molecule has 0 fully saturated rings. The molecule has 3 rings (SSSR count). The number of carbonyl (C=O) groups is 3. The fraction of sp³-hybridized carbons (Fsp3) is 0.304. The van der Waals surface area contributed by atoms with E-state index in [1.807, 2.05) is 18.2 Å². The number of aliphatic carboxylic acids is 2. The minimum atomic E-state index is -1.28. The van der Waals surface area contributed by atoms with Crippen molar-refractivity contribution >= 4 is 40.6 Å². The number of amides is 1. The summed E-state index contributed by atoms with van der Waals surface area (Å²) < 4.78 is 0. The lowest BCUT2D eigenvalue weighted by molar-refractivity contribution is -0.140. The summed E-state index contributed by atoms with van der Waals surface area (Å²) in [6, 6.07) is 7.50. The van der Waals surface area contributed by atoms with Gasteiger partial charge >= 0.3 is 11.9 Å². The summed E-state index contributed by atoms with van der Waals surface area (Å²) in [5.74, 6) is -2.52. The van der Waals surface area contributed by atoms with Gasteiger partial charge in [0.1, 0.15) is 11.9 Å². The zero-order valence-electron chi connectivity index (χ0n) is 18.6. The average molecular weight is 466 g/mol. The predicted octanol–water partition coefficient (Wildman–Crippen LogP) is 1.97. The van der Waals surface area contributed by atoms with Crippen LogP contribution in [0.2, 0.25) is 0 Å². The first-order valence-corrected chi connectivity index (χ1v) is 10.7. The van der Waals surface area contributed by atoms with Gasteiger partial charge in [0.15, 0.2) is 5.65 Å². The highest BCUT2D eigenvalue weighted by Crippen LogP contribution is 2.26. The normalized spacial score (nSPS) is 12.7. The number of fused-ring (bicyclic) bond motifs is 1. The van der Waals surface area contributed by atoms with E-state index in [0.29, 0.717) is 17.5 Å². The highest BCUT2D eigenvalue weighted by molar-refractivity contribution is 5.96. The molecule has 2 heterocycles. The Labute approximate surface area is 195 Å². The fourth-order valence-electron chi connectivity index (χ4n) is 3.66. The third-order valence-electron chi connectivity index (χ3n) is 5.52. The van der Waals surface area contributed by atoms with Gasteiger partial charge in [-0.3, -0.25) is 9.59 Å². The number of carboxylic acids is 2. The highest BCUT2D eigenvalue weighted by atomic mass is 16.4. The van der Waals surface area contributed by atoms with Gasteiger partial charge in [-0.15, -0.1) is 0 Å². The van der Waals surface area contributed by atoms with Crippen LogP contribution < -0.4 is 16.8 Å². The van der Waals surface area contributed by atoms with E-state index in [2.05, 4.69) is 27.2 Å². The maximum absolute atomic E-state index is 12.5. The number of carboxylic acid groups (broad SMARTS) is 2. The van der Waals surface area contributed by atoms with Crippen LogP contribution >= 0.6 is 0 Å². The number of anilines is 2. The van der Waals surface area contributed by atoms with Crippen LogP contribution in [0.5, 0.6) is 0 Å². The number of benzene rings is 1. The maximum atomic E-state index is 12.5. The lowest BCUT2D eigenvalue weighted by atomic mass is 9.89. The van der Waals surface area contributed by atoms with Crippen LogP contribution in [-0.4, -0.2) is 49.1 Å². The molecular weight excluding hydrogens is 440 g/mol. The number of hydrogen-bond donors (Lipinski definition) is 5. The van der Waals surface area contributed by atoms with Crippen LogP contribution in [0.4, 0.5) is 11.8 Å². The second kappa shape index (κ2) is 10.6. The Bertz CT molecular complexity index is 1210. The Kier molecular flexibility index (Phi) is 7.57. The summed E-state index contributed by atoms with van der Waals surface area (Å²) in [6.07, 6.45) is 2.66. The predicted molar refractivity (Wildman–Crippen MR) is 125 cm³/mol. The van der Waals surface area contributed by atoms with Crippen LogP contribution in [0.25, 0.3) is 11.0 Å². The average Bonchev–Trinajstić information content (AvgIpc) is 2.80. The molecule has 34 heavy (non-hydrogen) atoms. The van der Waals surface area contributed by atoms with Crippen LogP contribution in [-0.2, 0) is 16.0 Å². The Morgan fingerprint density at radius 3 is 2.41 bits per heavy atom. The molecule has 1 aromatic carbocycles. The zero-order valence-corrected chi connectivity index (χ0v) is 18.6. The number of rotatable bonds is 10. The Balaban J connectivity index is 1.72. The Morgan fingerprint density at radius 2 is 1.79 bits per heavy atom. The Hall–Kier alpha value is -4.28. The lowest BCUT2D eigenvalue weighted by Gasteiger charge is -2.17. The molecule has 0 saturated heterocycles. The van der Waals surface area contributed by atoms with Crippen molar-refractivity contribution in [1.29, 1.82) is 0 Å². The Morgan fingerprint density at radius 1 is 1.09 bits per heavy atom. The molecule has 0 radical (unpaired) electrons. The van der Waals surface area contributed by atoms with E-state index < -0.39 is 23.9 Å². The molecule has 0 bridgehead atoms. The number of nitrogens with one attached hydrogen (secondary N) is 1. The molecule has 178 valence electrons. The topological polar surface area (TPSA) is 194 Å². The molecule has 1 unspecified atom stereocenters. The van der Waals surface area contributed by atoms with Crippen LogP contribution in [0.3, 0.4) is 0 Å². The number of hydrogen-bond acceptors (Lipinski definition) is 8. The van der Waals surface area contributed by atoms with Gasteiger partial charge in [0, 0.05) is 18.2 Å². The molecule has 1 amide bonds. The first kappa shape index (κ1) is 24.4. The van der Waals surface area contributed by atoms with Gasteiger partial charge in [-0.25, -0.2) is 9.78 Å². The molecule has 3 aromatic rings. The summed E-state index contributed by atoms with van der Waals surface area (Å²) in [7, 11) is 0. The molecule has 11 heteroatoms. The van der Waals surface area contributed by atoms with Crippen molar-refractivity contribution in [3.05, 3.63) is 53.2 Å². The van der Waals surface area contributed by atoms with E-state index in [0.717, 1.165) is 17.5 Å². The third kappa shape index (κ3) is 5.94. The van der Waals surface area contributed by atoms with Crippen molar-refractivity contribution < 1.29 is 24.6 Å². The number of nitrogen functional groups attached to an aromatic ring is 2. The lowest BCUT2D eigenvalue weighted by Crippen LogP contribution is -2.41. The van der Waals surface area contributed by atoms with Gasteiger partial charge in [0.25, 0.3) is 5.91 Å². The molecule has 0 spiro atoms. The van der Waals surface area contributed by atoms with Crippen LogP contribution in [0.1, 0.15) is 53.6 Å². The molecule has 0 aliphatic carbocycles. The summed E-state index contributed by atoms with van der Waals surface area (Å²) in [5, 5.41) is 21.0. The van der Waals surface area contributed by atoms with E-state index in [4.69, 9.17) is 16.6 Å². The van der Waals surface area contributed by atoms with E-state index in [1.165, 1.54) is 0 Å². The highest BCUT2D eigenvalue weighted by Gasteiger charge is 2.22. The van der Waals surface area contributed by atoms with Crippen molar-refractivity contribution in [2.24, 2.45) is 0 Å². The van der Waals surface area contributed by atoms with Gasteiger partial charge < -0.3 is 27.0 Å². The molecule has 11 nitrogen and oxygen atoms in total. The molecular formula is C23H26N6O5. The summed E-state index contributed by atoms with van der Waals surface area (Å²) >= 11 is 0. The van der Waals surface area contributed by atoms with Crippen LogP contribution in [0.15, 0.2) is 36.5 Å². The SMILES string of the molecule is CCC(Cc1cnc2nc(N)nc(N)c2c1)c1ccc(C(=O)N[C@@H](CCC(=O)O)C(=O)O)cc1. The summed E-state index contributed by atoms with van der Waals surface area (Å²) in [4.78, 5) is 46.9. The third-order valence-corrected chi connectivity index (χ3v) is 5.52.